The van der Waals surface area contributed by atoms with Gasteiger partial charge in [0.15, 0.2) is 0 Å². The lowest BCUT2D eigenvalue weighted by atomic mass is 10.1. The van der Waals surface area contributed by atoms with Crippen molar-refractivity contribution in [1.82, 2.24) is 14.7 Å². The number of halogens is 5. The van der Waals surface area contributed by atoms with Crippen molar-refractivity contribution in [3.05, 3.63) is 30.5 Å². The first-order chi connectivity index (χ1) is 11.9. The van der Waals surface area contributed by atoms with Gasteiger partial charge >= 0.3 is 6.36 Å². The SMILES string of the molecule is Cl.Cl.Oc1nn(CCN2CCCCC2)cc1-c1ccc(OC(F)(F)F)cc1. The zero-order chi connectivity index (χ0) is 17.9. The van der Waals surface area contributed by atoms with Crippen LogP contribution in [-0.4, -0.2) is 45.8 Å². The van der Waals surface area contributed by atoms with Crippen LogP contribution in [0.4, 0.5) is 13.2 Å². The quantitative estimate of drug-likeness (QED) is 0.763. The zero-order valence-corrected chi connectivity index (χ0v) is 16.1. The summed E-state index contributed by atoms with van der Waals surface area (Å²) in [7, 11) is 0. The fourth-order valence-corrected chi connectivity index (χ4v) is 2.99. The van der Waals surface area contributed by atoms with Crippen LogP contribution < -0.4 is 4.74 Å². The van der Waals surface area contributed by atoms with Gasteiger partial charge in [-0.25, -0.2) is 0 Å². The van der Waals surface area contributed by atoms with Crippen molar-refractivity contribution in [2.24, 2.45) is 0 Å². The third-order valence-electron chi connectivity index (χ3n) is 4.24. The molecule has 0 bridgehead atoms. The van der Waals surface area contributed by atoms with E-state index in [1.165, 1.54) is 43.5 Å². The van der Waals surface area contributed by atoms with Gasteiger partial charge < -0.3 is 14.7 Å². The van der Waals surface area contributed by atoms with Crippen molar-refractivity contribution in [1.29, 1.82) is 0 Å². The van der Waals surface area contributed by atoms with E-state index in [0.717, 1.165) is 19.6 Å². The van der Waals surface area contributed by atoms with Gasteiger partial charge in [0.1, 0.15) is 5.75 Å². The second kappa shape index (κ2) is 10.1. The van der Waals surface area contributed by atoms with Crippen LogP contribution >= 0.6 is 24.8 Å². The zero-order valence-electron chi connectivity index (χ0n) is 14.5. The van der Waals surface area contributed by atoms with Crippen molar-refractivity contribution in [3.8, 4) is 22.8 Å². The van der Waals surface area contributed by atoms with Gasteiger partial charge in [0, 0.05) is 12.7 Å². The monoisotopic (exact) mass is 427 g/mol. The number of likely N-dealkylation sites (tertiary alicyclic amines) is 1. The number of nitrogens with zero attached hydrogens (tertiary/aromatic N) is 3. The molecule has 0 spiro atoms. The maximum absolute atomic E-state index is 12.2. The lowest BCUT2D eigenvalue weighted by Gasteiger charge is -2.26. The third kappa shape index (κ3) is 6.79. The van der Waals surface area contributed by atoms with E-state index >= 15 is 0 Å². The first-order valence-corrected chi connectivity index (χ1v) is 8.26. The Labute approximate surface area is 167 Å². The number of benzene rings is 1. The highest BCUT2D eigenvalue weighted by molar-refractivity contribution is 5.85. The molecule has 1 aromatic carbocycles. The molecule has 1 fully saturated rings. The molecule has 10 heteroatoms. The molecule has 0 aliphatic carbocycles. The Morgan fingerprint density at radius 3 is 2.22 bits per heavy atom. The molecule has 1 aromatic heterocycles. The van der Waals surface area contributed by atoms with Gasteiger partial charge in [-0.15, -0.1) is 43.1 Å². The highest BCUT2D eigenvalue weighted by Gasteiger charge is 2.31. The Hall–Kier alpha value is -1.64. The molecule has 5 nitrogen and oxygen atoms in total. The molecule has 0 radical (unpaired) electrons. The normalized spacial score (nSPS) is 14.9. The van der Waals surface area contributed by atoms with Crippen LogP contribution in [0.5, 0.6) is 11.6 Å². The summed E-state index contributed by atoms with van der Waals surface area (Å²) in [5.74, 6) is -0.434. The van der Waals surface area contributed by atoms with E-state index in [4.69, 9.17) is 0 Å². The molecular weight excluding hydrogens is 406 g/mol. The second-order valence-corrected chi connectivity index (χ2v) is 6.10. The van der Waals surface area contributed by atoms with Crippen LogP contribution in [-0.2, 0) is 6.54 Å². The van der Waals surface area contributed by atoms with E-state index in [1.807, 2.05) is 0 Å². The molecule has 0 saturated carbocycles. The Kier molecular flexibility index (Phi) is 8.71. The van der Waals surface area contributed by atoms with Crippen LogP contribution in [0, 0.1) is 0 Å². The molecule has 2 heterocycles. The van der Waals surface area contributed by atoms with Crippen LogP contribution in [0.1, 0.15) is 19.3 Å². The Morgan fingerprint density at radius 2 is 1.63 bits per heavy atom. The summed E-state index contributed by atoms with van der Waals surface area (Å²) in [4.78, 5) is 2.37. The topological polar surface area (TPSA) is 50.5 Å². The minimum Gasteiger partial charge on any atom is -0.492 e. The average Bonchev–Trinajstić information content (AvgIpc) is 2.94. The summed E-state index contributed by atoms with van der Waals surface area (Å²) >= 11 is 0. The van der Waals surface area contributed by atoms with Crippen molar-refractivity contribution in [2.75, 3.05) is 19.6 Å². The van der Waals surface area contributed by atoms with Crippen LogP contribution in [0.3, 0.4) is 0 Å². The molecule has 0 unspecified atom stereocenters. The highest BCUT2D eigenvalue weighted by atomic mass is 35.5. The Morgan fingerprint density at radius 1 is 1.00 bits per heavy atom. The van der Waals surface area contributed by atoms with E-state index in [1.54, 1.807) is 10.9 Å². The van der Waals surface area contributed by atoms with Crippen molar-refractivity contribution < 1.29 is 23.0 Å². The standard InChI is InChI=1S/C17H20F3N3O2.2ClH/c18-17(19,20)25-14-6-4-13(5-7-14)15-12-23(21-16(15)24)11-10-22-8-2-1-3-9-22;;/h4-7,12H,1-3,8-11H2,(H,21,24);2*1H. The van der Waals surface area contributed by atoms with Gasteiger partial charge in [0.25, 0.3) is 0 Å². The minimum absolute atomic E-state index is 0. The average molecular weight is 428 g/mol. The number of piperidine rings is 1. The molecule has 1 N–H and O–H groups in total. The molecule has 152 valence electrons. The van der Waals surface area contributed by atoms with E-state index in [-0.39, 0.29) is 36.4 Å². The largest absolute Gasteiger partial charge is 0.573 e. The molecule has 0 amide bonds. The fourth-order valence-electron chi connectivity index (χ4n) is 2.99. The number of hydrogen-bond acceptors (Lipinski definition) is 4. The number of aromatic nitrogens is 2. The summed E-state index contributed by atoms with van der Waals surface area (Å²) in [6, 6.07) is 5.36. The fraction of sp³-hybridized carbons (Fsp3) is 0.471. The summed E-state index contributed by atoms with van der Waals surface area (Å²) < 4.78 is 42.1. The van der Waals surface area contributed by atoms with Gasteiger partial charge in [0.05, 0.1) is 12.1 Å². The molecular formula is C17H22Cl2F3N3O2. The smallest absolute Gasteiger partial charge is 0.492 e. The minimum atomic E-state index is -4.72. The van der Waals surface area contributed by atoms with E-state index in [2.05, 4.69) is 14.7 Å². The number of ether oxygens (including phenoxy) is 1. The second-order valence-electron chi connectivity index (χ2n) is 6.10. The van der Waals surface area contributed by atoms with Gasteiger partial charge in [0.2, 0.25) is 5.88 Å². The lowest BCUT2D eigenvalue weighted by Crippen LogP contribution is -2.32. The van der Waals surface area contributed by atoms with Gasteiger partial charge in [-0.3, -0.25) is 4.68 Å². The van der Waals surface area contributed by atoms with E-state index in [9.17, 15) is 18.3 Å². The summed E-state index contributed by atoms with van der Waals surface area (Å²) in [6.07, 6.45) is 0.684. The summed E-state index contributed by atoms with van der Waals surface area (Å²) in [5.41, 5.74) is 1.06. The van der Waals surface area contributed by atoms with E-state index in [0.29, 0.717) is 17.7 Å². The molecule has 1 aliphatic heterocycles. The van der Waals surface area contributed by atoms with Gasteiger partial charge in [-0.2, -0.15) is 0 Å². The lowest BCUT2D eigenvalue weighted by molar-refractivity contribution is -0.274. The summed E-state index contributed by atoms with van der Waals surface area (Å²) in [5, 5.41) is 14.1. The van der Waals surface area contributed by atoms with Crippen LogP contribution in [0.25, 0.3) is 11.1 Å². The number of alkyl halides is 3. The molecule has 1 saturated heterocycles. The molecule has 2 aromatic rings. The van der Waals surface area contributed by atoms with Crippen molar-refractivity contribution in [3.63, 3.8) is 0 Å². The molecule has 1 aliphatic rings. The Balaban J connectivity index is 0.00000182. The van der Waals surface area contributed by atoms with Gasteiger partial charge in [-0.1, -0.05) is 18.6 Å². The number of aromatic hydroxyl groups is 1. The molecule has 0 atom stereocenters. The van der Waals surface area contributed by atoms with Gasteiger partial charge in [-0.05, 0) is 43.6 Å². The highest BCUT2D eigenvalue weighted by Crippen LogP contribution is 2.30. The third-order valence-corrected chi connectivity index (χ3v) is 4.24. The first-order valence-electron chi connectivity index (χ1n) is 8.26. The van der Waals surface area contributed by atoms with Crippen LogP contribution in [0.2, 0.25) is 0 Å². The maximum atomic E-state index is 12.2. The van der Waals surface area contributed by atoms with Crippen LogP contribution in [0.15, 0.2) is 30.5 Å². The predicted molar refractivity (Wildman–Crippen MR) is 101 cm³/mol. The number of hydrogen-bond donors (Lipinski definition) is 1. The Bertz CT molecular complexity index is 702. The molecule has 27 heavy (non-hydrogen) atoms. The predicted octanol–water partition coefficient (Wildman–Crippen LogP) is 4.48. The van der Waals surface area contributed by atoms with Crippen molar-refractivity contribution in [2.45, 2.75) is 32.2 Å². The van der Waals surface area contributed by atoms with Crippen molar-refractivity contribution >= 4 is 24.8 Å². The van der Waals surface area contributed by atoms with E-state index < -0.39 is 6.36 Å². The number of rotatable bonds is 5. The maximum Gasteiger partial charge on any atom is 0.573 e. The first kappa shape index (κ1) is 23.4. The molecule has 3 rings (SSSR count). The summed E-state index contributed by atoms with van der Waals surface area (Å²) in [6.45, 7) is 3.68.